The molecule has 5 N–H and O–H groups in total. The number of nitrogens with zero attached hydrogens (tertiary/aromatic N) is 4. The number of imidazole rings is 1. The minimum atomic E-state index is -1.25. The Morgan fingerprint density at radius 1 is 1.32 bits per heavy atom. The average Bonchev–Trinajstić information content (AvgIpc) is 3.29. The van der Waals surface area contributed by atoms with Crippen LogP contribution in [0.3, 0.4) is 0 Å². The van der Waals surface area contributed by atoms with Crippen molar-refractivity contribution in [2.75, 3.05) is 11.9 Å². The Morgan fingerprint density at radius 3 is 2.84 bits per heavy atom. The van der Waals surface area contributed by atoms with Crippen LogP contribution in [0.15, 0.2) is 24.8 Å². The standard InChI is InChI=1S/C14H15ClN6O4/c15-14-19-11(18-6-1-2-16-3-6)8-12(20-14)21(5-17-8)13-10(24)9(23)7(4-22)25-13/h1-3,5,7,9-10,13,16,22-24H,4H2,(H,18,19,20)/t7-,9+,10+,13-/m1/s1. The number of aliphatic hydroxyl groups is 3. The van der Waals surface area contributed by atoms with Crippen molar-refractivity contribution in [3.63, 3.8) is 0 Å². The summed E-state index contributed by atoms with van der Waals surface area (Å²) in [5.41, 5.74) is 1.51. The fourth-order valence-corrected chi connectivity index (χ4v) is 2.98. The molecule has 1 aliphatic rings. The number of anilines is 2. The number of hydrogen-bond donors (Lipinski definition) is 5. The minimum Gasteiger partial charge on any atom is -0.394 e. The molecule has 0 bridgehead atoms. The van der Waals surface area contributed by atoms with E-state index in [0.29, 0.717) is 17.0 Å². The van der Waals surface area contributed by atoms with Crippen molar-refractivity contribution in [2.24, 2.45) is 0 Å². The fourth-order valence-electron chi connectivity index (χ4n) is 2.81. The summed E-state index contributed by atoms with van der Waals surface area (Å²) in [6.07, 6.45) is 0.588. The molecule has 4 rings (SSSR count). The lowest BCUT2D eigenvalue weighted by Gasteiger charge is -2.16. The van der Waals surface area contributed by atoms with E-state index in [-0.39, 0.29) is 5.28 Å². The van der Waals surface area contributed by atoms with Gasteiger partial charge in [0.2, 0.25) is 5.28 Å². The summed E-state index contributed by atoms with van der Waals surface area (Å²) in [6, 6.07) is 1.81. The molecule has 0 amide bonds. The first-order chi connectivity index (χ1) is 12.1. The van der Waals surface area contributed by atoms with Gasteiger partial charge in [-0.15, -0.1) is 0 Å². The third kappa shape index (κ3) is 2.73. The van der Waals surface area contributed by atoms with Crippen molar-refractivity contribution in [3.8, 4) is 0 Å². The van der Waals surface area contributed by atoms with E-state index in [4.69, 9.17) is 16.3 Å². The smallest absolute Gasteiger partial charge is 0.226 e. The molecule has 3 aromatic heterocycles. The molecule has 0 aromatic carbocycles. The second-order valence-corrected chi connectivity index (χ2v) is 5.96. The van der Waals surface area contributed by atoms with E-state index in [9.17, 15) is 15.3 Å². The number of ether oxygens (including phenoxy) is 1. The van der Waals surface area contributed by atoms with E-state index in [0.717, 1.165) is 5.69 Å². The monoisotopic (exact) mass is 366 g/mol. The van der Waals surface area contributed by atoms with E-state index < -0.39 is 31.1 Å². The number of aliphatic hydroxyl groups excluding tert-OH is 3. The molecule has 1 fully saturated rings. The average molecular weight is 367 g/mol. The molecule has 1 saturated heterocycles. The van der Waals surface area contributed by atoms with Gasteiger partial charge in [0, 0.05) is 12.4 Å². The maximum absolute atomic E-state index is 10.2. The van der Waals surface area contributed by atoms with Gasteiger partial charge in [0.1, 0.15) is 18.3 Å². The molecule has 25 heavy (non-hydrogen) atoms. The van der Waals surface area contributed by atoms with E-state index in [1.54, 1.807) is 12.4 Å². The van der Waals surface area contributed by atoms with Crippen LogP contribution in [-0.2, 0) is 4.74 Å². The molecule has 10 nitrogen and oxygen atoms in total. The number of aromatic amines is 1. The summed E-state index contributed by atoms with van der Waals surface area (Å²) in [5, 5.41) is 32.4. The molecule has 4 heterocycles. The lowest BCUT2D eigenvalue weighted by Crippen LogP contribution is -2.33. The normalized spacial score (nSPS) is 26.4. The number of rotatable bonds is 4. The van der Waals surface area contributed by atoms with E-state index in [1.165, 1.54) is 10.9 Å². The van der Waals surface area contributed by atoms with Crippen molar-refractivity contribution in [1.82, 2.24) is 24.5 Å². The van der Waals surface area contributed by atoms with Crippen molar-refractivity contribution in [3.05, 3.63) is 30.1 Å². The lowest BCUT2D eigenvalue weighted by atomic mass is 10.1. The lowest BCUT2D eigenvalue weighted by molar-refractivity contribution is -0.0511. The molecule has 0 spiro atoms. The number of nitrogens with one attached hydrogen (secondary N) is 2. The number of halogens is 1. The van der Waals surface area contributed by atoms with Gasteiger partial charge in [0.05, 0.1) is 18.6 Å². The minimum absolute atomic E-state index is 0.0148. The zero-order chi connectivity index (χ0) is 17.6. The Morgan fingerprint density at radius 2 is 2.16 bits per heavy atom. The highest BCUT2D eigenvalue weighted by atomic mass is 35.5. The predicted octanol–water partition coefficient (Wildman–Crippen LogP) is 0.163. The highest BCUT2D eigenvalue weighted by molar-refractivity contribution is 6.28. The van der Waals surface area contributed by atoms with Crippen LogP contribution in [0.4, 0.5) is 11.5 Å². The Kier molecular flexibility index (Phi) is 4.06. The first kappa shape index (κ1) is 16.2. The molecule has 0 radical (unpaired) electrons. The highest BCUT2D eigenvalue weighted by Gasteiger charge is 2.44. The van der Waals surface area contributed by atoms with Crippen LogP contribution in [0.2, 0.25) is 5.28 Å². The van der Waals surface area contributed by atoms with Crippen molar-refractivity contribution in [1.29, 1.82) is 0 Å². The van der Waals surface area contributed by atoms with Gasteiger partial charge in [-0.25, -0.2) is 4.98 Å². The molecule has 3 aromatic rings. The Bertz CT molecular complexity index is 885. The zero-order valence-corrected chi connectivity index (χ0v) is 13.5. The number of H-pyrrole nitrogens is 1. The van der Waals surface area contributed by atoms with Crippen LogP contribution in [0.5, 0.6) is 0 Å². The highest BCUT2D eigenvalue weighted by Crippen LogP contribution is 2.33. The first-order valence-corrected chi connectivity index (χ1v) is 7.88. The Labute approximate surface area is 146 Å². The summed E-state index contributed by atoms with van der Waals surface area (Å²) in [6.45, 7) is -0.419. The van der Waals surface area contributed by atoms with Crippen LogP contribution in [-0.4, -0.2) is 64.7 Å². The van der Waals surface area contributed by atoms with E-state index >= 15 is 0 Å². The van der Waals surface area contributed by atoms with Crippen LogP contribution in [0, 0.1) is 0 Å². The Balaban J connectivity index is 1.76. The maximum Gasteiger partial charge on any atom is 0.226 e. The Hall–Kier alpha value is -2.24. The SMILES string of the molecule is OC[C@H]1O[C@@H](n2cnc3c(Nc4cc[nH]c4)nc(Cl)nc32)[C@@H](O)[C@H]1O. The van der Waals surface area contributed by atoms with Gasteiger partial charge in [-0.1, -0.05) is 0 Å². The third-order valence-electron chi connectivity index (χ3n) is 4.05. The molecule has 132 valence electrons. The largest absolute Gasteiger partial charge is 0.394 e. The summed E-state index contributed by atoms with van der Waals surface area (Å²) >= 11 is 6.02. The third-order valence-corrected chi connectivity index (χ3v) is 4.22. The molecular weight excluding hydrogens is 352 g/mol. The predicted molar refractivity (Wildman–Crippen MR) is 87.4 cm³/mol. The number of aromatic nitrogens is 5. The summed E-state index contributed by atoms with van der Waals surface area (Å²) in [5.74, 6) is 0.389. The summed E-state index contributed by atoms with van der Waals surface area (Å²) in [7, 11) is 0. The molecule has 0 unspecified atom stereocenters. The number of hydrogen-bond acceptors (Lipinski definition) is 8. The molecule has 1 aliphatic heterocycles. The van der Waals surface area contributed by atoms with E-state index in [1.807, 2.05) is 6.07 Å². The van der Waals surface area contributed by atoms with Crippen LogP contribution in [0.1, 0.15) is 6.23 Å². The van der Waals surface area contributed by atoms with Gasteiger partial charge < -0.3 is 30.4 Å². The molecular formula is C14H15ClN6O4. The molecule has 0 aliphatic carbocycles. The molecule has 11 heteroatoms. The number of fused-ring (bicyclic) bond motifs is 1. The summed E-state index contributed by atoms with van der Waals surface area (Å²) in [4.78, 5) is 15.5. The van der Waals surface area contributed by atoms with E-state index in [2.05, 4.69) is 25.3 Å². The molecule has 4 atom stereocenters. The maximum atomic E-state index is 10.2. The van der Waals surface area contributed by atoms with Crippen molar-refractivity contribution in [2.45, 2.75) is 24.5 Å². The van der Waals surface area contributed by atoms with Crippen LogP contribution in [0.25, 0.3) is 11.2 Å². The van der Waals surface area contributed by atoms with Gasteiger partial charge in [0.25, 0.3) is 0 Å². The zero-order valence-electron chi connectivity index (χ0n) is 12.7. The van der Waals surface area contributed by atoms with Gasteiger partial charge in [-0.3, -0.25) is 4.57 Å². The van der Waals surface area contributed by atoms with Crippen molar-refractivity contribution >= 4 is 34.3 Å². The summed E-state index contributed by atoms with van der Waals surface area (Å²) < 4.78 is 6.97. The first-order valence-electron chi connectivity index (χ1n) is 7.51. The van der Waals surface area contributed by atoms with Gasteiger partial charge >= 0.3 is 0 Å². The van der Waals surface area contributed by atoms with Gasteiger partial charge in [-0.2, -0.15) is 9.97 Å². The second kappa shape index (κ2) is 6.24. The fraction of sp³-hybridized carbons (Fsp3) is 0.357. The van der Waals surface area contributed by atoms with Crippen LogP contribution < -0.4 is 5.32 Å². The van der Waals surface area contributed by atoms with Crippen LogP contribution >= 0.6 is 11.6 Å². The quantitative estimate of drug-likeness (QED) is 0.411. The topological polar surface area (TPSA) is 141 Å². The van der Waals surface area contributed by atoms with Crippen molar-refractivity contribution < 1.29 is 20.1 Å². The van der Waals surface area contributed by atoms with Gasteiger partial charge in [-0.05, 0) is 17.7 Å². The second-order valence-electron chi connectivity index (χ2n) is 5.62. The van der Waals surface area contributed by atoms with Gasteiger partial charge in [0.15, 0.2) is 23.2 Å². The molecule has 0 saturated carbocycles.